The summed E-state index contributed by atoms with van der Waals surface area (Å²) in [7, 11) is 0. The number of carbonyl (C=O) groups is 1. The molecule has 0 aliphatic heterocycles. The first-order valence-electron chi connectivity index (χ1n) is 4.90. The molecule has 1 heterocycles. The number of esters is 1. The monoisotopic (exact) mass is 274 g/mol. The molecule has 0 aromatic carbocycles. The SMILES string of the molecule is CCOC(=O)c1c(C)nc(Br)n1C(C)C. The van der Waals surface area contributed by atoms with E-state index in [0.29, 0.717) is 22.7 Å². The van der Waals surface area contributed by atoms with Crippen molar-refractivity contribution in [3.05, 3.63) is 16.1 Å². The summed E-state index contributed by atoms with van der Waals surface area (Å²) in [6.07, 6.45) is 0. The Kier molecular flexibility index (Phi) is 3.90. The third-order valence-electron chi connectivity index (χ3n) is 2.03. The zero-order valence-electron chi connectivity index (χ0n) is 9.37. The van der Waals surface area contributed by atoms with Crippen molar-refractivity contribution >= 4 is 21.9 Å². The predicted octanol–water partition coefficient (Wildman–Crippen LogP) is 2.71. The van der Waals surface area contributed by atoms with Gasteiger partial charge in [0.05, 0.1) is 12.3 Å². The Bertz CT molecular complexity index is 372. The maximum atomic E-state index is 11.7. The van der Waals surface area contributed by atoms with Crippen molar-refractivity contribution in [2.24, 2.45) is 0 Å². The van der Waals surface area contributed by atoms with Crippen LogP contribution in [0.2, 0.25) is 0 Å². The molecule has 0 amide bonds. The smallest absolute Gasteiger partial charge is 0.356 e. The van der Waals surface area contributed by atoms with Crippen LogP contribution in [0.25, 0.3) is 0 Å². The van der Waals surface area contributed by atoms with Gasteiger partial charge in [0.1, 0.15) is 0 Å². The molecule has 0 atom stereocenters. The fraction of sp³-hybridized carbons (Fsp3) is 0.600. The normalized spacial score (nSPS) is 10.8. The second kappa shape index (κ2) is 4.79. The minimum atomic E-state index is -0.318. The molecular weight excluding hydrogens is 260 g/mol. The fourth-order valence-corrected chi connectivity index (χ4v) is 2.28. The lowest BCUT2D eigenvalue weighted by Crippen LogP contribution is -2.15. The summed E-state index contributed by atoms with van der Waals surface area (Å²) in [5.41, 5.74) is 1.22. The van der Waals surface area contributed by atoms with Crippen LogP contribution < -0.4 is 0 Å². The van der Waals surface area contributed by atoms with E-state index < -0.39 is 0 Å². The fourth-order valence-electron chi connectivity index (χ4n) is 1.43. The van der Waals surface area contributed by atoms with E-state index in [1.165, 1.54) is 0 Å². The molecule has 0 spiro atoms. The van der Waals surface area contributed by atoms with Crippen molar-refractivity contribution in [2.75, 3.05) is 6.61 Å². The molecule has 0 fully saturated rings. The first-order chi connectivity index (χ1) is 6.99. The molecule has 1 aromatic rings. The molecule has 0 saturated carbocycles. The van der Waals surface area contributed by atoms with E-state index in [4.69, 9.17) is 4.74 Å². The minimum Gasteiger partial charge on any atom is -0.461 e. The highest BCUT2D eigenvalue weighted by molar-refractivity contribution is 9.10. The second-order valence-corrected chi connectivity index (χ2v) is 4.21. The summed E-state index contributed by atoms with van der Waals surface area (Å²) >= 11 is 3.33. The Labute approximate surface area is 97.8 Å². The van der Waals surface area contributed by atoms with E-state index in [1.807, 2.05) is 18.4 Å². The first kappa shape index (κ1) is 12.2. The van der Waals surface area contributed by atoms with Crippen LogP contribution in [0.1, 0.15) is 43.0 Å². The van der Waals surface area contributed by atoms with Crippen molar-refractivity contribution in [2.45, 2.75) is 33.7 Å². The Morgan fingerprint density at radius 1 is 1.60 bits per heavy atom. The number of halogens is 1. The molecule has 0 N–H and O–H groups in total. The van der Waals surface area contributed by atoms with Crippen LogP contribution in [0.5, 0.6) is 0 Å². The summed E-state index contributed by atoms with van der Waals surface area (Å²) in [6.45, 7) is 7.95. The zero-order chi connectivity index (χ0) is 11.6. The lowest BCUT2D eigenvalue weighted by molar-refractivity contribution is 0.0510. The van der Waals surface area contributed by atoms with E-state index in [9.17, 15) is 4.79 Å². The summed E-state index contributed by atoms with van der Waals surface area (Å²) in [5.74, 6) is -0.318. The average Bonchev–Trinajstić information content (AvgIpc) is 2.41. The van der Waals surface area contributed by atoms with Crippen LogP contribution in [0.4, 0.5) is 0 Å². The van der Waals surface area contributed by atoms with Gasteiger partial charge in [-0.25, -0.2) is 9.78 Å². The van der Waals surface area contributed by atoms with Gasteiger partial charge < -0.3 is 9.30 Å². The zero-order valence-corrected chi connectivity index (χ0v) is 11.0. The van der Waals surface area contributed by atoms with Gasteiger partial charge in [-0.05, 0) is 43.6 Å². The largest absolute Gasteiger partial charge is 0.461 e. The molecule has 0 unspecified atom stereocenters. The molecule has 0 bridgehead atoms. The Balaban J connectivity index is 3.20. The molecule has 4 nitrogen and oxygen atoms in total. The van der Waals surface area contributed by atoms with Gasteiger partial charge in [-0.15, -0.1) is 0 Å². The van der Waals surface area contributed by atoms with Crippen molar-refractivity contribution in [3.8, 4) is 0 Å². The molecular formula is C10H15BrN2O2. The molecule has 0 radical (unpaired) electrons. The van der Waals surface area contributed by atoms with Crippen molar-refractivity contribution in [3.63, 3.8) is 0 Å². The summed E-state index contributed by atoms with van der Waals surface area (Å²) in [5, 5.41) is 0. The number of aromatic nitrogens is 2. The second-order valence-electron chi connectivity index (χ2n) is 3.50. The van der Waals surface area contributed by atoms with Crippen LogP contribution in [0.15, 0.2) is 4.73 Å². The minimum absolute atomic E-state index is 0.167. The Morgan fingerprint density at radius 2 is 2.20 bits per heavy atom. The van der Waals surface area contributed by atoms with Crippen LogP contribution in [0.3, 0.4) is 0 Å². The van der Waals surface area contributed by atoms with Gasteiger partial charge in [0.15, 0.2) is 10.4 Å². The topological polar surface area (TPSA) is 44.1 Å². The molecule has 0 aliphatic carbocycles. The van der Waals surface area contributed by atoms with Crippen LogP contribution >= 0.6 is 15.9 Å². The van der Waals surface area contributed by atoms with E-state index >= 15 is 0 Å². The van der Waals surface area contributed by atoms with Crippen molar-refractivity contribution in [1.82, 2.24) is 9.55 Å². The number of carbonyl (C=O) groups excluding carboxylic acids is 1. The van der Waals surface area contributed by atoms with E-state index in [1.54, 1.807) is 13.8 Å². The van der Waals surface area contributed by atoms with Crippen LogP contribution in [-0.2, 0) is 4.74 Å². The molecule has 84 valence electrons. The van der Waals surface area contributed by atoms with Gasteiger partial charge in [-0.1, -0.05) is 0 Å². The highest BCUT2D eigenvalue weighted by Gasteiger charge is 2.21. The molecule has 1 rings (SSSR count). The van der Waals surface area contributed by atoms with Crippen molar-refractivity contribution in [1.29, 1.82) is 0 Å². The molecule has 15 heavy (non-hydrogen) atoms. The average molecular weight is 275 g/mol. The number of ether oxygens (including phenoxy) is 1. The highest BCUT2D eigenvalue weighted by Crippen LogP contribution is 2.22. The van der Waals surface area contributed by atoms with Crippen LogP contribution in [-0.4, -0.2) is 22.1 Å². The molecule has 1 aromatic heterocycles. The third-order valence-corrected chi connectivity index (χ3v) is 2.59. The van der Waals surface area contributed by atoms with E-state index in [0.717, 1.165) is 0 Å². The van der Waals surface area contributed by atoms with Gasteiger partial charge in [0.2, 0.25) is 0 Å². The molecule has 0 aliphatic rings. The maximum Gasteiger partial charge on any atom is 0.356 e. The standard InChI is InChI=1S/C10H15BrN2O2/c1-5-15-9(14)8-7(4)12-10(11)13(8)6(2)3/h6H,5H2,1-4H3. The summed E-state index contributed by atoms with van der Waals surface area (Å²) < 4.78 is 7.48. The number of rotatable bonds is 3. The van der Waals surface area contributed by atoms with Gasteiger partial charge in [0, 0.05) is 6.04 Å². The van der Waals surface area contributed by atoms with E-state index in [-0.39, 0.29) is 12.0 Å². The predicted molar refractivity (Wildman–Crippen MR) is 61.0 cm³/mol. The van der Waals surface area contributed by atoms with Gasteiger partial charge in [0.25, 0.3) is 0 Å². The lowest BCUT2D eigenvalue weighted by atomic mass is 10.3. The lowest BCUT2D eigenvalue weighted by Gasteiger charge is -2.12. The molecule has 0 saturated heterocycles. The Hall–Kier alpha value is -0.840. The number of hydrogen-bond acceptors (Lipinski definition) is 3. The van der Waals surface area contributed by atoms with Crippen molar-refractivity contribution < 1.29 is 9.53 Å². The summed E-state index contributed by atoms with van der Waals surface area (Å²) in [4.78, 5) is 15.9. The number of aryl methyl sites for hydroxylation is 1. The molecule has 5 heteroatoms. The highest BCUT2D eigenvalue weighted by atomic mass is 79.9. The Morgan fingerprint density at radius 3 is 2.67 bits per heavy atom. The van der Waals surface area contributed by atoms with Gasteiger partial charge in [-0.3, -0.25) is 0 Å². The number of nitrogens with zero attached hydrogens (tertiary/aromatic N) is 2. The van der Waals surface area contributed by atoms with Gasteiger partial charge >= 0.3 is 5.97 Å². The summed E-state index contributed by atoms with van der Waals surface area (Å²) in [6, 6.07) is 0.167. The number of imidazole rings is 1. The quantitative estimate of drug-likeness (QED) is 0.797. The van der Waals surface area contributed by atoms with Gasteiger partial charge in [-0.2, -0.15) is 0 Å². The van der Waals surface area contributed by atoms with E-state index in [2.05, 4.69) is 20.9 Å². The number of hydrogen-bond donors (Lipinski definition) is 0. The first-order valence-corrected chi connectivity index (χ1v) is 5.69. The maximum absolute atomic E-state index is 11.7. The van der Waals surface area contributed by atoms with Crippen LogP contribution in [0, 0.1) is 6.92 Å². The third kappa shape index (κ3) is 2.40.